The van der Waals surface area contributed by atoms with E-state index >= 15 is 0 Å². The Labute approximate surface area is 149 Å². The van der Waals surface area contributed by atoms with E-state index < -0.39 is 0 Å². The molecule has 25 heavy (non-hydrogen) atoms. The number of benzene rings is 2. The van der Waals surface area contributed by atoms with Crippen molar-refractivity contribution in [3.05, 3.63) is 71.8 Å². The number of carbonyl (C=O) groups excluding carboxylic acids is 1. The maximum absolute atomic E-state index is 10.8. The van der Waals surface area contributed by atoms with Crippen molar-refractivity contribution in [3.8, 4) is 0 Å². The molecule has 0 atom stereocenters. The second-order valence-electron chi connectivity index (χ2n) is 6.06. The van der Waals surface area contributed by atoms with E-state index in [2.05, 4.69) is 34.1 Å². The van der Waals surface area contributed by atoms with Crippen molar-refractivity contribution in [2.24, 2.45) is 5.73 Å². The molecular formula is C20H26N4O. The van der Waals surface area contributed by atoms with Crippen LogP contribution in [0, 0.1) is 5.41 Å². The molecule has 0 bridgehead atoms. The van der Waals surface area contributed by atoms with E-state index in [1.54, 1.807) is 0 Å². The van der Waals surface area contributed by atoms with Gasteiger partial charge in [0.25, 0.3) is 0 Å². The van der Waals surface area contributed by atoms with Gasteiger partial charge in [-0.15, -0.1) is 0 Å². The van der Waals surface area contributed by atoms with Gasteiger partial charge in [0.2, 0.25) is 5.91 Å². The van der Waals surface area contributed by atoms with Crippen molar-refractivity contribution in [2.45, 2.75) is 6.54 Å². The van der Waals surface area contributed by atoms with Gasteiger partial charge in [-0.05, 0) is 11.1 Å². The third-order valence-corrected chi connectivity index (χ3v) is 4.06. The maximum atomic E-state index is 10.8. The average Bonchev–Trinajstić information content (AvgIpc) is 2.65. The Morgan fingerprint density at radius 1 is 0.920 bits per heavy atom. The smallest absolute Gasteiger partial charge is 0.231 e. The molecule has 0 aromatic heterocycles. The first-order chi connectivity index (χ1) is 12.2. The maximum Gasteiger partial charge on any atom is 0.231 e. The fourth-order valence-electron chi connectivity index (χ4n) is 2.72. The summed E-state index contributed by atoms with van der Waals surface area (Å²) in [6.07, 6.45) is 1.33. The molecule has 0 radical (unpaired) electrons. The molecule has 5 nitrogen and oxygen atoms in total. The normalized spacial score (nSPS) is 15.0. The Morgan fingerprint density at radius 2 is 1.44 bits per heavy atom. The minimum Gasteiger partial charge on any atom is -0.369 e. The molecule has 1 heterocycles. The molecule has 132 valence electrons. The van der Waals surface area contributed by atoms with Gasteiger partial charge in [-0.2, -0.15) is 0 Å². The molecule has 5 heteroatoms. The van der Waals surface area contributed by atoms with Crippen molar-refractivity contribution < 1.29 is 4.79 Å². The summed E-state index contributed by atoms with van der Waals surface area (Å²) < 4.78 is 0. The predicted octanol–water partition coefficient (Wildman–Crippen LogP) is 1.97. The van der Waals surface area contributed by atoms with Crippen LogP contribution >= 0.6 is 0 Å². The van der Waals surface area contributed by atoms with Crippen LogP contribution < -0.4 is 5.73 Å². The topological polar surface area (TPSA) is 73.4 Å². The van der Waals surface area contributed by atoms with E-state index in [4.69, 9.17) is 11.1 Å². The van der Waals surface area contributed by atoms with Crippen molar-refractivity contribution in [3.63, 3.8) is 0 Å². The van der Waals surface area contributed by atoms with Gasteiger partial charge in [-0.25, -0.2) is 0 Å². The quantitative estimate of drug-likeness (QED) is 0.819. The Hall–Kier alpha value is -2.50. The molecule has 0 saturated carbocycles. The summed E-state index contributed by atoms with van der Waals surface area (Å²) in [4.78, 5) is 15.3. The van der Waals surface area contributed by atoms with Gasteiger partial charge >= 0.3 is 0 Å². The molecule has 3 rings (SSSR count). The highest BCUT2D eigenvalue weighted by atomic mass is 16.1. The lowest BCUT2D eigenvalue weighted by molar-refractivity contribution is -0.119. The summed E-state index contributed by atoms with van der Waals surface area (Å²) in [5.74, 6) is -0.235. The lowest BCUT2D eigenvalue weighted by atomic mass is 10.2. The van der Waals surface area contributed by atoms with E-state index in [1.807, 2.05) is 36.4 Å². The standard InChI is InChI=1S/C13H19N3O.C7H7N/c14-13(17)11-16-8-6-15(7-9-16)10-12-4-2-1-3-5-12;8-6-7-4-2-1-3-5-7/h1-5H,6-11H2,(H2,14,17);1-6,8H. The number of hydrogen-bond acceptors (Lipinski definition) is 4. The highest BCUT2D eigenvalue weighted by Crippen LogP contribution is 2.07. The van der Waals surface area contributed by atoms with E-state index in [0.29, 0.717) is 6.54 Å². The second kappa shape index (κ2) is 10.4. The molecule has 1 aliphatic heterocycles. The summed E-state index contributed by atoms with van der Waals surface area (Å²) in [5, 5.41) is 6.82. The average molecular weight is 338 g/mol. The Kier molecular flexibility index (Phi) is 7.82. The highest BCUT2D eigenvalue weighted by Gasteiger charge is 2.17. The van der Waals surface area contributed by atoms with Gasteiger partial charge in [0.1, 0.15) is 0 Å². The van der Waals surface area contributed by atoms with Crippen LogP contribution in [0.2, 0.25) is 0 Å². The monoisotopic (exact) mass is 338 g/mol. The number of piperazine rings is 1. The molecule has 2 aromatic carbocycles. The van der Waals surface area contributed by atoms with Crippen molar-refractivity contribution >= 4 is 12.1 Å². The third-order valence-electron chi connectivity index (χ3n) is 4.06. The molecule has 0 aliphatic carbocycles. The van der Waals surface area contributed by atoms with Gasteiger partial charge in [0, 0.05) is 38.9 Å². The first-order valence-corrected chi connectivity index (χ1v) is 8.50. The molecule has 1 saturated heterocycles. The van der Waals surface area contributed by atoms with Gasteiger partial charge in [0.05, 0.1) is 6.54 Å². The molecule has 0 spiro atoms. The van der Waals surface area contributed by atoms with Crippen LogP contribution in [0.1, 0.15) is 11.1 Å². The van der Waals surface area contributed by atoms with Gasteiger partial charge < -0.3 is 11.1 Å². The van der Waals surface area contributed by atoms with Crippen LogP contribution in [0.15, 0.2) is 60.7 Å². The number of primary amides is 1. The number of carbonyl (C=O) groups is 1. The number of nitrogens with two attached hydrogens (primary N) is 1. The molecule has 2 aromatic rings. The molecule has 1 amide bonds. The molecule has 0 unspecified atom stereocenters. The Balaban J connectivity index is 0.000000236. The molecule has 1 aliphatic rings. The zero-order chi connectivity index (χ0) is 17.9. The van der Waals surface area contributed by atoms with Crippen LogP contribution in [0.25, 0.3) is 0 Å². The number of nitrogens with one attached hydrogen (secondary N) is 1. The van der Waals surface area contributed by atoms with Crippen LogP contribution in [0.4, 0.5) is 0 Å². The van der Waals surface area contributed by atoms with E-state index in [0.717, 1.165) is 38.3 Å². The molecular weight excluding hydrogens is 312 g/mol. The largest absolute Gasteiger partial charge is 0.369 e. The number of hydrogen-bond donors (Lipinski definition) is 2. The van der Waals surface area contributed by atoms with Crippen molar-refractivity contribution in [1.29, 1.82) is 5.41 Å². The van der Waals surface area contributed by atoms with Crippen LogP contribution in [-0.2, 0) is 11.3 Å². The zero-order valence-electron chi connectivity index (χ0n) is 14.5. The van der Waals surface area contributed by atoms with Crippen LogP contribution in [0.5, 0.6) is 0 Å². The lowest BCUT2D eigenvalue weighted by Gasteiger charge is -2.33. The second-order valence-corrected chi connectivity index (χ2v) is 6.06. The van der Waals surface area contributed by atoms with E-state index in [9.17, 15) is 4.79 Å². The summed E-state index contributed by atoms with van der Waals surface area (Å²) in [5.41, 5.74) is 7.48. The van der Waals surface area contributed by atoms with E-state index in [1.165, 1.54) is 11.8 Å². The third kappa shape index (κ3) is 7.28. The molecule has 1 fully saturated rings. The SMILES string of the molecule is N=Cc1ccccc1.NC(=O)CN1CCN(Cc2ccccc2)CC1. The summed E-state index contributed by atoms with van der Waals surface area (Å²) in [7, 11) is 0. The fourth-order valence-corrected chi connectivity index (χ4v) is 2.72. The Bertz CT molecular complexity index is 637. The zero-order valence-corrected chi connectivity index (χ0v) is 14.5. The minimum absolute atomic E-state index is 0.235. The number of nitrogens with zero attached hydrogens (tertiary/aromatic N) is 2. The molecule has 3 N–H and O–H groups in total. The van der Waals surface area contributed by atoms with Gasteiger partial charge in [0.15, 0.2) is 0 Å². The van der Waals surface area contributed by atoms with Gasteiger partial charge in [-0.1, -0.05) is 60.7 Å². The Morgan fingerprint density at radius 3 is 1.92 bits per heavy atom. The van der Waals surface area contributed by atoms with Crippen molar-refractivity contribution in [1.82, 2.24) is 9.80 Å². The van der Waals surface area contributed by atoms with Crippen molar-refractivity contribution in [2.75, 3.05) is 32.7 Å². The van der Waals surface area contributed by atoms with Crippen LogP contribution in [-0.4, -0.2) is 54.6 Å². The van der Waals surface area contributed by atoms with Crippen LogP contribution in [0.3, 0.4) is 0 Å². The number of amides is 1. The summed E-state index contributed by atoms with van der Waals surface area (Å²) in [6, 6.07) is 20.0. The minimum atomic E-state index is -0.235. The van der Waals surface area contributed by atoms with Gasteiger partial charge in [-0.3, -0.25) is 14.6 Å². The number of rotatable bonds is 5. The van der Waals surface area contributed by atoms with E-state index in [-0.39, 0.29) is 5.91 Å². The first kappa shape index (κ1) is 18.8. The predicted molar refractivity (Wildman–Crippen MR) is 102 cm³/mol. The first-order valence-electron chi connectivity index (χ1n) is 8.50. The summed E-state index contributed by atoms with van der Waals surface area (Å²) in [6.45, 7) is 5.24. The highest BCUT2D eigenvalue weighted by molar-refractivity contribution is 5.76. The summed E-state index contributed by atoms with van der Waals surface area (Å²) >= 11 is 0. The lowest BCUT2D eigenvalue weighted by Crippen LogP contribution is -2.48. The fraction of sp³-hybridized carbons (Fsp3) is 0.300.